The Morgan fingerprint density at radius 1 is 0.695 bits per heavy atom. The van der Waals surface area contributed by atoms with Gasteiger partial charge < -0.3 is 52.3 Å². The fourth-order valence-electron chi connectivity index (χ4n) is 9.01. The van der Waals surface area contributed by atoms with E-state index < -0.39 is 11.9 Å². The Bertz CT molecular complexity index is 1890. The number of hydrogen-bond donors (Lipinski definition) is 2. The lowest BCUT2D eigenvalue weighted by Gasteiger charge is -2.46. The molecule has 0 amide bonds. The maximum atomic E-state index is 12.7. The average molecular weight is 821 g/mol. The highest BCUT2D eigenvalue weighted by Gasteiger charge is 2.40. The molecule has 5 rings (SSSR count). The number of rotatable bonds is 21. The smallest absolute Gasteiger partial charge is 0.331 e. The highest BCUT2D eigenvalue weighted by atomic mass is 16.5. The molecular weight excluding hydrogens is 757 g/mol. The van der Waals surface area contributed by atoms with Gasteiger partial charge in [-0.15, -0.1) is 0 Å². The van der Waals surface area contributed by atoms with E-state index in [0.29, 0.717) is 53.1 Å². The van der Waals surface area contributed by atoms with Gasteiger partial charge in [0.15, 0.2) is 11.5 Å². The number of aliphatic hydroxyl groups excluding tert-OH is 2. The molecule has 0 aliphatic carbocycles. The van der Waals surface area contributed by atoms with Crippen molar-refractivity contribution in [1.82, 2.24) is 0 Å². The number of likely N-dealkylation sites (tertiary alicyclic amines) is 1. The molecule has 2 aliphatic rings. The molecule has 3 aromatic carbocycles. The molecule has 0 spiro atoms. The fourth-order valence-corrected chi connectivity index (χ4v) is 9.01. The van der Waals surface area contributed by atoms with Gasteiger partial charge in [0.2, 0.25) is 5.75 Å². The van der Waals surface area contributed by atoms with Crippen LogP contribution in [0.5, 0.6) is 28.7 Å². The lowest BCUT2D eigenvalue weighted by atomic mass is 9.84. The fraction of sp³-hybridized carbons (Fsp3) is 0.522. The van der Waals surface area contributed by atoms with E-state index >= 15 is 0 Å². The maximum absolute atomic E-state index is 12.7. The number of esters is 2. The first-order valence-corrected chi connectivity index (χ1v) is 20.5. The Labute approximate surface area is 349 Å². The van der Waals surface area contributed by atoms with Gasteiger partial charge in [-0.2, -0.15) is 0 Å². The normalized spacial score (nSPS) is 18.3. The van der Waals surface area contributed by atoms with Crippen LogP contribution in [-0.2, 0) is 51.7 Å². The SMILES string of the molecule is COc1cc(C[N+]2(CCCOC(=O)/C=C\C(=O)OCCC[N@+]3(C)CCc4cc(CO)c(CO)cc4[C@H]3Cc3cc(OC)c(OC)c(OC)c3)CCCC2)cc(OC)c1C. The van der Waals surface area contributed by atoms with Crippen LogP contribution in [0.2, 0.25) is 0 Å². The van der Waals surface area contributed by atoms with Crippen LogP contribution in [0.3, 0.4) is 0 Å². The predicted octanol–water partition coefficient (Wildman–Crippen LogP) is 5.54. The minimum atomic E-state index is -0.600. The summed E-state index contributed by atoms with van der Waals surface area (Å²) in [6.07, 6.45) is 7.29. The number of quaternary nitrogens is 2. The lowest BCUT2D eigenvalue weighted by molar-refractivity contribution is -0.941. The summed E-state index contributed by atoms with van der Waals surface area (Å²) in [7, 11) is 10.3. The molecule has 13 nitrogen and oxygen atoms in total. The first-order chi connectivity index (χ1) is 28.4. The van der Waals surface area contributed by atoms with Crippen molar-refractivity contribution in [1.29, 1.82) is 0 Å². The summed E-state index contributed by atoms with van der Waals surface area (Å²) in [5.41, 5.74) is 6.81. The largest absolute Gasteiger partial charge is 0.496 e. The number of ether oxygens (including phenoxy) is 7. The van der Waals surface area contributed by atoms with Crippen LogP contribution in [0.25, 0.3) is 0 Å². The number of carbonyl (C=O) groups excluding carboxylic acids is 2. The molecule has 2 atom stereocenters. The Hall–Kier alpha value is -4.82. The van der Waals surface area contributed by atoms with Crippen molar-refractivity contribution in [2.24, 2.45) is 0 Å². The summed E-state index contributed by atoms with van der Waals surface area (Å²) >= 11 is 0. The van der Waals surface area contributed by atoms with E-state index in [0.717, 1.165) is 114 Å². The summed E-state index contributed by atoms with van der Waals surface area (Å²) < 4.78 is 40.7. The van der Waals surface area contributed by atoms with E-state index in [4.69, 9.17) is 33.2 Å². The second kappa shape index (κ2) is 20.9. The van der Waals surface area contributed by atoms with Crippen LogP contribution < -0.4 is 23.7 Å². The van der Waals surface area contributed by atoms with E-state index in [1.165, 1.54) is 0 Å². The van der Waals surface area contributed by atoms with E-state index in [-0.39, 0.29) is 32.5 Å². The Morgan fingerprint density at radius 3 is 1.75 bits per heavy atom. The molecule has 0 bridgehead atoms. The minimum absolute atomic E-state index is 0.0260. The van der Waals surface area contributed by atoms with Crippen LogP contribution in [0.4, 0.5) is 0 Å². The van der Waals surface area contributed by atoms with Crippen LogP contribution in [0.1, 0.15) is 70.7 Å². The van der Waals surface area contributed by atoms with Crippen LogP contribution in [-0.4, -0.2) is 120 Å². The van der Waals surface area contributed by atoms with Crippen molar-refractivity contribution in [3.63, 3.8) is 0 Å². The maximum Gasteiger partial charge on any atom is 0.331 e. The standard InChI is InChI=1S/C46H64N2O11/c1-32-40(53-3)25-34(26-41(32)54-4)29-48(16-8-9-17-48)18-11-21-59-45(52)13-12-44(51)58-20-10-15-47(2)19-14-35-27-36(30-49)37(31-50)28-38(35)39(47)22-33-23-42(55-5)46(57-7)43(24-33)56-6/h12-13,23-28,39,49-50H,8-11,14-22,29-31H2,1-7H3/q+2/b13-12-/t39-,47-/m1/s1. The van der Waals surface area contributed by atoms with Crippen LogP contribution in [0.15, 0.2) is 48.6 Å². The zero-order chi connectivity index (χ0) is 42.6. The van der Waals surface area contributed by atoms with Gasteiger partial charge in [-0.1, -0.05) is 6.07 Å². The lowest BCUT2D eigenvalue weighted by Crippen LogP contribution is -2.52. The number of benzene rings is 3. The number of methoxy groups -OCH3 is 5. The minimum Gasteiger partial charge on any atom is -0.496 e. The summed E-state index contributed by atoms with van der Waals surface area (Å²) in [6.45, 7) is 7.48. The summed E-state index contributed by atoms with van der Waals surface area (Å²) in [5.74, 6) is 2.10. The van der Waals surface area contributed by atoms with Gasteiger partial charge in [-0.25, -0.2) is 9.59 Å². The Morgan fingerprint density at radius 2 is 1.22 bits per heavy atom. The number of nitrogens with zero attached hydrogens (tertiary/aromatic N) is 2. The van der Waals surface area contributed by atoms with Crippen molar-refractivity contribution < 1.29 is 61.9 Å². The molecular formula is C46H64N2O11+2. The zero-order valence-electron chi connectivity index (χ0n) is 36.0. The van der Waals surface area contributed by atoms with Gasteiger partial charge in [-0.3, -0.25) is 0 Å². The highest BCUT2D eigenvalue weighted by molar-refractivity contribution is 5.91. The molecule has 2 heterocycles. The van der Waals surface area contributed by atoms with E-state index in [2.05, 4.69) is 19.2 Å². The molecule has 59 heavy (non-hydrogen) atoms. The van der Waals surface area contributed by atoms with E-state index in [1.54, 1.807) is 35.5 Å². The third-order valence-electron chi connectivity index (χ3n) is 12.2. The molecule has 1 fully saturated rings. The van der Waals surface area contributed by atoms with Crippen molar-refractivity contribution in [2.75, 3.05) is 88.5 Å². The molecule has 0 unspecified atom stereocenters. The molecule has 2 N–H and O–H groups in total. The van der Waals surface area contributed by atoms with Crippen LogP contribution >= 0.6 is 0 Å². The molecule has 13 heteroatoms. The third-order valence-corrected chi connectivity index (χ3v) is 12.2. The number of likely N-dealkylation sites (N-methyl/N-ethyl adjacent to an activating group) is 1. The van der Waals surface area contributed by atoms with E-state index in [9.17, 15) is 19.8 Å². The molecule has 1 saturated heterocycles. The number of aliphatic hydroxyl groups is 2. The molecule has 322 valence electrons. The van der Waals surface area contributed by atoms with Crippen molar-refractivity contribution in [2.45, 2.75) is 71.2 Å². The van der Waals surface area contributed by atoms with Crippen molar-refractivity contribution in [3.8, 4) is 28.7 Å². The highest BCUT2D eigenvalue weighted by Crippen LogP contribution is 2.43. The molecule has 3 aromatic rings. The van der Waals surface area contributed by atoms with Gasteiger partial charge in [-0.05, 0) is 59.5 Å². The van der Waals surface area contributed by atoms with E-state index in [1.807, 2.05) is 31.2 Å². The third kappa shape index (κ3) is 11.1. The molecule has 0 saturated carbocycles. The topological polar surface area (TPSA) is 139 Å². The molecule has 0 radical (unpaired) electrons. The quantitative estimate of drug-likeness (QED) is 0.0606. The monoisotopic (exact) mass is 820 g/mol. The second-order valence-corrected chi connectivity index (χ2v) is 15.9. The van der Waals surface area contributed by atoms with Gasteiger partial charge in [0.05, 0.1) is 102 Å². The summed E-state index contributed by atoms with van der Waals surface area (Å²) in [5, 5.41) is 20.2. The molecule has 0 aromatic heterocycles. The second-order valence-electron chi connectivity index (χ2n) is 15.9. The van der Waals surface area contributed by atoms with Gasteiger partial charge in [0.25, 0.3) is 0 Å². The van der Waals surface area contributed by atoms with Gasteiger partial charge in [0.1, 0.15) is 24.1 Å². The first kappa shape index (κ1) is 45.3. The number of carbonyl (C=O) groups is 2. The first-order valence-electron chi connectivity index (χ1n) is 20.5. The number of hydrogen-bond acceptors (Lipinski definition) is 11. The Kier molecular flexibility index (Phi) is 16.1. The van der Waals surface area contributed by atoms with Crippen molar-refractivity contribution in [3.05, 3.63) is 87.5 Å². The molecule has 2 aliphatic heterocycles. The van der Waals surface area contributed by atoms with Crippen molar-refractivity contribution >= 4 is 11.9 Å². The zero-order valence-corrected chi connectivity index (χ0v) is 36.0. The predicted molar refractivity (Wildman–Crippen MR) is 223 cm³/mol. The summed E-state index contributed by atoms with van der Waals surface area (Å²) in [6, 6.07) is 12.1. The van der Waals surface area contributed by atoms with Gasteiger partial charge >= 0.3 is 11.9 Å². The van der Waals surface area contributed by atoms with Crippen LogP contribution in [0, 0.1) is 6.92 Å². The summed E-state index contributed by atoms with van der Waals surface area (Å²) in [4.78, 5) is 25.2. The number of fused-ring (bicyclic) bond motifs is 1. The average Bonchev–Trinajstić information content (AvgIpc) is 3.71. The van der Waals surface area contributed by atoms with Gasteiger partial charge in [0, 0.05) is 67.4 Å². The Balaban J connectivity index is 1.15.